The molecular weight excluding hydrogens is 264 g/mol. The predicted molar refractivity (Wildman–Crippen MR) is 61.7 cm³/mol. The van der Waals surface area contributed by atoms with Crippen molar-refractivity contribution in [3.63, 3.8) is 0 Å². The number of nitrogens with one attached hydrogen (secondary N) is 2. The molecule has 0 radical (unpaired) electrons. The van der Waals surface area contributed by atoms with E-state index in [1.54, 1.807) is 6.07 Å². The average Bonchev–Trinajstić information content (AvgIpc) is 2.35. The Morgan fingerprint density at radius 3 is 2.84 bits per heavy atom. The van der Waals surface area contributed by atoms with E-state index in [0.717, 1.165) is 0 Å². The van der Waals surface area contributed by atoms with Crippen LogP contribution >= 0.6 is 0 Å². The van der Waals surface area contributed by atoms with Crippen molar-refractivity contribution in [2.45, 2.75) is 37.7 Å². The third-order valence-electron chi connectivity index (χ3n) is 3.24. The van der Waals surface area contributed by atoms with E-state index >= 15 is 0 Å². The van der Waals surface area contributed by atoms with Gasteiger partial charge in [-0.25, -0.2) is 8.78 Å². The van der Waals surface area contributed by atoms with Crippen molar-refractivity contribution in [2.24, 2.45) is 0 Å². The van der Waals surface area contributed by atoms with Crippen LogP contribution in [0, 0.1) is 0 Å². The van der Waals surface area contributed by atoms with Gasteiger partial charge in [-0.3, -0.25) is 4.79 Å². The van der Waals surface area contributed by atoms with Crippen molar-refractivity contribution in [3.05, 3.63) is 33.7 Å². The largest absolute Gasteiger partial charge is 0.326 e. The van der Waals surface area contributed by atoms with E-state index in [0.29, 0.717) is 30.5 Å². The standard InChI is InChI=1S/C12H14F4N2O/c13-11(14)12(15,16)6-17-8-2-1-3-9-7(8)4-5-10(19)18-9/h4-5,8,11,17H,1-3,6H2,(H,18,19). The van der Waals surface area contributed by atoms with Crippen LogP contribution in [-0.4, -0.2) is 23.9 Å². The summed E-state index contributed by atoms with van der Waals surface area (Å²) in [6.45, 7) is -1.08. The Morgan fingerprint density at radius 1 is 1.42 bits per heavy atom. The van der Waals surface area contributed by atoms with E-state index < -0.39 is 24.9 Å². The Labute approximate surface area is 107 Å². The fourth-order valence-corrected chi connectivity index (χ4v) is 2.25. The van der Waals surface area contributed by atoms with E-state index in [9.17, 15) is 22.4 Å². The predicted octanol–water partition coefficient (Wildman–Crippen LogP) is 2.24. The highest BCUT2D eigenvalue weighted by Gasteiger charge is 2.41. The van der Waals surface area contributed by atoms with Gasteiger partial charge in [0, 0.05) is 17.8 Å². The minimum absolute atomic E-state index is 0.252. The number of hydrogen-bond acceptors (Lipinski definition) is 2. The molecule has 1 aromatic heterocycles. The van der Waals surface area contributed by atoms with Crippen LogP contribution in [0.5, 0.6) is 0 Å². The highest BCUT2D eigenvalue weighted by Crippen LogP contribution is 2.29. The number of aromatic amines is 1. The fourth-order valence-electron chi connectivity index (χ4n) is 2.25. The van der Waals surface area contributed by atoms with Gasteiger partial charge in [-0.1, -0.05) is 6.07 Å². The molecule has 0 amide bonds. The number of hydrogen-bond donors (Lipinski definition) is 2. The zero-order valence-electron chi connectivity index (χ0n) is 10.1. The van der Waals surface area contributed by atoms with Crippen LogP contribution in [0.4, 0.5) is 17.6 Å². The molecule has 3 nitrogen and oxygen atoms in total. The lowest BCUT2D eigenvalue weighted by atomic mass is 9.91. The summed E-state index contributed by atoms with van der Waals surface area (Å²) in [6.07, 6.45) is -1.73. The third-order valence-corrected chi connectivity index (χ3v) is 3.24. The molecule has 1 aromatic rings. The molecule has 0 spiro atoms. The maximum atomic E-state index is 12.9. The van der Waals surface area contributed by atoms with E-state index in [2.05, 4.69) is 10.3 Å². The first-order valence-electron chi connectivity index (χ1n) is 6.01. The highest BCUT2D eigenvalue weighted by molar-refractivity contribution is 5.26. The van der Waals surface area contributed by atoms with Crippen molar-refractivity contribution in [3.8, 4) is 0 Å². The van der Waals surface area contributed by atoms with Crippen LogP contribution in [0.25, 0.3) is 0 Å². The molecule has 2 N–H and O–H groups in total. The smallest absolute Gasteiger partial charge is 0.319 e. The summed E-state index contributed by atoms with van der Waals surface area (Å²) < 4.78 is 49.9. The molecule has 1 heterocycles. The Balaban J connectivity index is 2.10. The van der Waals surface area contributed by atoms with Gasteiger partial charge < -0.3 is 10.3 Å². The molecule has 0 fully saturated rings. The zero-order chi connectivity index (χ0) is 14.0. The molecule has 1 aliphatic carbocycles. The molecule has 1 atom stereocenters. The van der Waals surface area contributed by atoms with Gasteiger partial charge in [-0.05, 0) is 24.8 Å². The van der Waals surface area contributed by atoms with Gasteiger partial charge in [0.05, 0.1) is 6.54 Å². The van der Waals surface area contributed by atoms with Crippen LogP contribution in [-0.2, 0) is 6.42 Å². The Hall–Kier alpha value is -1.37. The molecule has 1 unspecified atom stereocenters. The van der Waals surface area contributed by atoms with Crippen LogP contribution in [0.1, 0.15) is 30.1 Å². The summed E-state index contributed by atoms with van der Waals surface area (Å²) in [6, 6.07) is 2.44. The Morgan fingerprint density at radius 2 is 2.16 bits per heavy atom. The second-order valence-electron chi connectivity index (χ2n) is 4.64. The fraction of sp³-hybridized carbons (Fsp3) is 0.583. The molecule has 0 aliphatic heterocycles. The molecule has 0 saturated carbocycles. The van der Waals surface area contributed by atoms with Crippen LogP contribution in [0.3, 0.4) is 0 Å². The van der Waals surface area contributed by atoms with Gasteiger partial charge in [0.1, 0.15) is 0 Å². The number of H-pyrrole nitrogens is 1. The minimum atomic E-state index is -4.04. The summed E-state index contributed by atoms with van der Waals surface area (Å²) in [5.74, 6) is -4.04. The maximum Gasteiger partial charge on any atom is 0.319 e. The normalized spacial score (nSPS) is 19.5. The molecule has 0 saturated heterocycles. The Bertz CT molecular complexity index is 501. The second kappa shape index (κ2) is 5.32. The Kier molecular flexibility index (Phi) is 3.93. The maximum absolute atomic E-state index is 12.9. The summed E-state index contributed by atoms with van der Waals surface area (Å²) in [4.78, 5) is 13.8. The number of aryl methyl sites for hydroxylation is 1. The number of rotatable bonds is 4. The van der Waals surface area contributed by atoms with E-state index in [4.69, 9.17) is 0 Å². The molecule has 106 valence electrons. The van der Waals surface area contributed by atoms with Gasteiger partial charge in [0.15, 0.2) is 0 Å². The van der Waals surface area contributed by atoms with Crippen molar-refractivity contribution in [1.29, 1.82) is 0 Å². The molecule has 0 aromatic carbocycles. The van der Waals surface area contributed by atoms with Crippen LogP contribution in [0.15, 0.2) is 16.9 Å². The van der Waals surface area contributed by atoms with Gasteiger partial charge in [-0.2, -0.15) is 8.78 Å². The quantitative estimate of drug-likeness (QED) is 0.830. The topological polar surface area (TPSA) is 44.9 Å². The molecule has 2 rings (SSSR count). The lowest BCUT2D eigenvalue weighted by Gasteiger charge is -2.27. The first-order chi connectivity index (χ1) is 8.90. The molecule has 19 heavy (non-hydrogen) atoms. The molecule has 0 bridgehead atoms. The molecule has 1 aliphatic rings. The second-order valence-corrected chi connectivity index (χ2v) is 4.64. The van der Waals surface area contributed by atoms with E-state index in [-0.39, 0.29) is 5.56 Å². The van der Waals surface area contributed by atoms with Crippen LogP contribution in [0.2, 0.25) is 0 Å². The van der Waals surface area contributed by atoms with Gasteiger partial charge in [0.25, 0.3) is 0 Å². The number of halogens is 4. The van der Waals surface area contributed by atoms with Gasteiger partial charge in [-0.15, -0.1) is 0 Å². The minimum Gasteiger partial charge on any atom is -0.326 e. The van der Waals surface area contributed by atoms with Crippen molar-refractivity contribution in [2.75, 3.05) is 6.54 Å². The van der Waals surface area contributed by atoms with Crippen LogP contribution < -0.4 is 10.9 Å². The van der Waals surface area contributed by atoms with Crippen molar-refractivity contribution < 1.29 is 17.6 Å². The van der Waals surface area contributed by atoms with Crippen molar-refractivity contribution >= 4 is 0 Å². The average molecular weight is 278 g/mol. The number of aromatic nitrogens is 1. The number of alkyl halides is 4. The SMILES string of the molecule is O=c1ccc2c([nH]1)CCCC2NCC(F)(F)C(F)F. The lowest BCUT2D eigenvalue weighted by molar-refractivity contribution is -0.126. The highest BCUT2D eigenvalue weighted by atomic mass is 19.3. The summed E-state index contributed by atoms with van der Waals surface area (Å²) >= 11 is 0. The van der Waals surface area contributed by atoms with E-state index in [1.807, 2.05) is 0 Å². The number of pyridine rings is 1. The number of fused-ring (bicyclic) bond motifs is 1. The first-order valence-corrected chi connectivity index (χ1v) is 6.01. The molecular formula is C12H14F4N2O. The van der Waals surface area contributed by atoms with Gasteiger partial charge in [0.2, 0.25) is 5.56 Å². The lowest BCUT2D eigenvalue weighted by Crippen LogP contribution is -2.41. The summed E-state index contributed by atoms with van der Waals surface area (Å²) in [7, 11) is 0. The monoisotopic (exact) mass is 278 g/mol. The zero-order valence-corrected chi connectivity index (χ0v) is 10.1. The first kappa shape index (κ1) is 14.0. The van der Waals surface area contributed by atoms with Crippen molar-refractivity contribution in [1.82, 2.24) is 10.3 Å². The molecule has 7 heteroatoms. The van der Waals surface area contributed by atoms with Gasteiger partial charge >= 0.3 is 12.3 Å². The van der Waals surface area contributed by atoms with E-state index in [1.165, 1.54) is 6.07 Å². The summed E-state index contributed by atoms with van der Waals surface area (Å²) in [5, 5.41) is 2.47. The summed E-state index contributed by atoms with van der Waals surface area (Å²) in [5.41, 5.74) is 1.14. The third kappa shape index (κ3) is 3.15.